The second-order valence-corrected chi connectivity index (χ2v) is 6.69. The van der Waals surface area contributed by atoms with Crippen LogP contribution in [0.25, 0.3) is 0 Å². The molecule has 1 saturated carbocycles. The summed E-state index contributed by atoms with van der Waals surface area (Å²) >= 11 is 4.71. The van der Waals surface area contributed by atoms with Gasteiger partial charge in [-0.05, 0) is 42.1 Å². The van der Waals surface area contributed by atoms with E-state index in [-0.39, 0.29) is 0 Å². The average Bonchev–Trinajstić information content (AvgIpc) is 2.70. The van der Waals surface area contributed by atoms with E-state index in [2.05, 4.69) is 29.2 Å². The van der Waals surface area contributed by atoms with Gasteiger partial charge >= 0.3 is 0 Å². The van der Waals surface area contributed by atoms with Gasteiger partial charge in [-0.3, -0.25) is 0 Å². The summed E-state index contributed by atoms with van der Waals surface area (Å²) in [6, 6.07) is 8.93. The summed E-state index contributed by atoms with van der Waals surface area (Å²) in [7, 11) is 0. The van der Waals surface area contributed by atoms with E-state index in [4.69, 9.17) is 12.6 Å². The second kappa shape index (κ2) is 5.78. The van der Waals surface area contributed by atoms with Gasteiger partial charge in [0.05, 0.1) is 0 Å². The van der Waals surface area contributed by atoms with Gasteiger partial charge in [0.1, 0.15) is 0 Å². The van der Waals surface area contributed by atoms with Crippen LogP contribution in [0.1, 0.15) is 44.1 Å². The van der Waals surface area contributed by atoms with Crippen molar-refractivity contribution >= 4 is 18.3 Å². The predicted molar refractivity (Wildman–Crippen MR) is 86.3 cm³/mol. The van der Waals surface area contributed by atoms with Crippen LogP contribution < -0.4 is 4.90 Å². The molecule has 0 radical (unpaired) electrons. The average molecular weight is 275 g/mol. The zero-order valence-corrected chi connectivity index (χ0v) is 12.7. The van der Waals surface area contributed by atoms with Gasteiger partial charge in [-0.25, -0.2) is 0 Å². The van der Waals surface area contributed by atoms with Gasteiger partial charge in [-0.1, -0.05) is 43.9 Å². The van der Waals surface area contributed by atoms with Crippen molar-refractivity contribution in [3.05, 3.63) is 29.8 Å². The van der Waals surface area contributed by atoms with Crippen LogP contribution in [-0.4, -0.2) is 18.8 Å². The molecule has 0 saturated heterocycles. The largest absolute Gasteiger partial charge is 0.370 e. The molecule has 2 heteroatoms. The topological polar surface area (TPSA) is 3.24 Å². The number of anilines is 1. The van der Waals surface area contributed by atoms with Crippen LogP contribution in [0.15, 0.2) is 24.3 Å². The van der Waals surface area contributed by atoms with Gasteiger partial charge in [0.15, 0.2) is 0 Å². The van der Waals surface area contributed by atoms with Crippen LogP contribution >= 0.6 is 12.6 Å². The Morgan fingerprint density at radius 3 is 2.53 bits per heavy atom. The molecule has 0 spiro atoms. The van der Waals surface area contributed by atoms with Crippen molar-refractivity contribution in [3.8, 4) is 0 Å². The first-order chi connectivity index (χ1) is 9.33. The molecule has 1 aromatic rings. The molecule has 2 aliphatic rings. The van der Waals surface area contributed by atoms with E-state index in [1.165, 1.54) is 69.3 Å². The fourth-order valence-corrected chi connectivity index (χ4v) is 4.24. The Balaban J connectivity index is 1.76. The Morgan fingerprint density at radius 2 is 1.79 bits per heavy atom. The molecular formula is C17H25NS. The van der Waals surface area contributed by atoms with Crippen molar-refractivity contribution in [3.63, 3.8) is 0 Å². The number of rotatable bonds is 3. The molecule has 3 rings (SSSR count). The fraction of sp³-hybridized carbons (Fsp3) is 0.647. The second-order valence-electron chi connectivity index (χ2n) is 6.37. The number of hydrogen-bond acceptors (Lipinski definition) is 2. The summed E-state index contributed by atoms with van der Waals surface area (Å²) in [4.78, 5) is 2.62. The van der Waals surface area contributed by atoms with Crippen LogP contribution in [0.5, 0.6) is 0 Å². The van der Waals surface area contributed by atoms with E-state index in [0.717, 1.165) is 5.75 Å². The minimum absolute atomic E-state index is 0.455. The van der Waals surface area contributed by atoms with Crippen molar-refractivity contribution in [1.29, 1.82) is 0 Å². The van der Waals surface area contributed by atoms with Gasteiger partial charge in [-0.15, -0.1) is 0 Å². The molecule has 1 aromatic carbocycles. The van der Waals surface area contributed by atoms with Crippen molar-refractivity contribution in [2.45, 2.75) is 44.9 Å². The van der Waals surface area contributed by atoms with Gasteiger partial charge in [0.25, 0.3) is 0 Å². The van der Waals surface area contributed by atoms with E-state index < -0.39 is 0 Å². The van der Waals surface area contributed by atoms with E-state index in [0.29, 0.717) is 5.41 Å². The summed E-state index contributed by atoms with van der Waals surface area (Å²) in [5, 5.41) is 0. The Labute approximate surface area is 122 Å². The molecule has 1 aliphatic heterocycles. The molecule has 1 aliphatic carbocycles. The minimum Gasteiger partial charge on any atom is -0.370 e. The molecule has 104 valence electrons. The van der Waals surface area contributed by atoms with Gasteiger partial charge < -0.3 is 4.90 Å². The zero-order chi connectivity index (χ0) is 13.1. The molecule has 1 nitrogen and oxygen atoms in total. The molecule has 1 heterocycles. The van der Waals surface area contributed by atoms with E-state index >= 15 is 0 Å². The maximum Gasteiger partial charge on any atom is 0.0399 e. The van der Waals surface area contributed by atoms with Gasteiger partial charge in [-0.2, -0.15) is 12.6 Å². The molecule has 19 heavy (non-hydrogen) atoms. The van der Waals surface area contributed by atoms with Crippen LogP contribution in [0.4, 0.5) is 5.69 Å². The van der Waals surface area contributed by atoms with Crippen molar-refractivity contribution in [2.75, 3.05) is 23.7 Å². The number of hydrogen-bond donors (Lipinski definition) is 1. The lowest BCUT2D eigenvalue weighted by Gasteiger charge is -2.36. The Kier molecular flexibility index (Phi) is 4.07. The number of para-hydroxylation sites is 1. The number of fused-ring (bicyclic) bond motifs is 1. The highest BCUT2D eigenvalue weighted by molar-refractivity contribution is 7.80. The first kappa shape index (κ1) is 13.4. The third-order valence-corrected chi connectivity index (χ3v) is 5.68. The maximum absolute atomic E-state index is 4.71. The molecule has 0 unspecified atom stereocenters. The van der Waals surface area contributed by atoms with E-state index in [1.807, 2.05) is 0 Å². The monoisotopic (exact) mass is 275 g/mol. The van der Waals surface area contributed by atoms with Gasteiger partial charge in [0.2, 0.25) is 0 Å². The molecule has 0 amide bonds. The molecule has 1 fully saturated rings. The summed E-state index contributed by atoms with van der Waals surface area (Å²) < 4.78 is 0. The first-order valence-corrected chi connectivity index (χ1v) is 8.40. The summed E-state index contributed by atoms with van der Waals surface area (Å²) in [5.41, 5.74) is 3.47. The Bertz CT molecular complexity index is 421. The van der Waals surface area contributed by atoms with Crippen LogP contribution in [-0.2, 0) is 6.42 Å². The Hall–Kier alpha value is -0.630. The molecule has 0 atom stereocenters. The molecule has 0 N–H and O–H groups in total. The summed E-state index contributed by atoms with van der Waals surface area (Å²) in [5.74, 6) is 1.05. The lowest BCUT2D eigenvalue weighted by Crippen LogP contribution is -2.38. The lowest BCUT2D eigenvalue weighted by molar-refractivity contribution is 0.291. The van der Waals surface area contributed by atoms with Crippen molar-refractivity contribution in [2.24, 2.45) is 5.41 Å². The maximum atomic E-state index is 4.71. The SMILES string of the molecule is SCC1(CN2CCc3ccccc32)CCCCCC1. The zero-order valence-electron chi connectivity index (χ0n) is 11.8. The number of benzene rings is 1. The van der Waals surface area contributed by atoms with Gasteiger partial charge in [0, 0.05) is 18.8 Å². The number of nitrogens with zero attached hydrogens (tertiary/aromatic N) is 1. The molecule has 0 aromatic heterocycles. The summed E-state index contributed by atoms with van der Waals surface area (Å²) in [6.07, 6.45) is 9.60. The van der Waals surface area contributed by atoms with Crippen LogP contribution in [0, 0.1) is 5.41 Å². The molecule has 0 bridgehead atoms. The van der Waals surface area contributed by atoms with Crippen molar-refractivity contribution < 1.29 is 0 Å². The third kappa shape index (κ3) is 2.79. The lowest BCUT2D eigenvalue weighted by atomic mass is 9.81. The van der Waals surface area contributed by atoms with Crippen LogP contribution in [0.2, 0.25) is 0 Å². The summed E-state index contributed by atoms with van der Waals surface area (Å²) in [6.45, 7) is 2.42. The normalized spacial score (nSPS) is 22.1. The van der Waals surface area contributed by atoms with Crippen molar-refractivity contribution in [1.82, 2.24) is 0 Å². The Morgan fingerprint density at radius 1 is 1.05 bits per heavy atom. The highest BCUT2D eigenvalue weighted by Crippen LogP contribution is 2.39. The minimum atomic E-state index is 0.455. The van der Waals surface area contributed by atoms with E-state index in [9.17, 15) is 0 Å². The predicted octanol–water partition coefficient (Wildman–Crippen LogP) is 4.32. The third-order valence-electron chi connectivity index (χ3n) is 5.01. The highest BCUT2D eigenvalue weighted by atomic mass is 32.1. The van der Waals surface area contributed by atoms with Crippen LogP contribution in [0.3, 0.4) is 0 Å². The molecular weight excluding hydrogens is 250 g/mol. The fourth-order valence-electron chi connectivity index (χ4n) is 3.82. The highest BCUT2D eigenvalue weighted by Gasteiger charge is 2.33. The quantitative estimate of drug-likeness (QED) is 0.635. The number of thiol groups is 1. The first-order valence-electron chi connectivity index (χ1n) is 7.77. The smallest absolute Gasteiger partial charge is 0.0399 e. The standard InChI is InChI=1S/C17H25NS/c19-14-17(10-5-1-2-6-11-17)13-18-12-9-15-7-3-4-8-16(15)18/h3-4,7-8,19H,1-2,5-6,9-14H2. The van der Waals surface area contributed by atoms with E-state index in [1.54, 1.807) is 0 Å².